The molecule has 0 fully saturated rings. The van der Waals surface area contributed by atoms with E-state index in [2.05, 4.69) is 0 Å². The minimum absolute atomic E-state index is 0. The molecule has 0 aliphatic carbocycles. The fraction of sp³-hybridized carbons (Fsp3) is 0. The van der Waals surface area contributed by atoms with Crippen molar-refractivity contribution in [2.45, 2.75) is 0 Å². The summed E-state index contributed by atoms with van der Waals surface area (Å²) >= 11 is -4.96. The Bertz CT molecular complexity index is 674. The van der Waals surface area contributed by atoms with Crippen molar-refractivity contribution in [1.29, 1.82) is 0 Å². The molecule has 0 spiro atoms. The summed E-state index contributed by atoms with van der Waals surface area (Å²) in [5.41, 5.74) is 0. The Morgan fingerprint density at radius 3 is 1.00 bits per heavy atom. The number of hydrogen-bond donors (Lipinski definition) is 0. The number of para-hydroxylation sites is 3. The van der Waals surface area contributed by atoms with Crippen LogP contribution in [0.25, 0.3) is 0 Å². The van der Waals surface area contributed by atoms with Crippen molar-refractivity contribution in [3.05, 3.63) is 91.0 Å². The second-order valence-electron chi connectivity index (χ2n) is 4.66. The summed E-state index contributed by atoms with van der Waals surface area (Å²) in [6, 6.07) is 26.6. The van der Waals surface area contributed by atoms with E-state index >= 15 is 0 Å². The van der Waals surface area contributed by atoms with Gasteiger partial charge in [-0.3, -0.25) is 0 Å². The van der Waals surface area contributed by atoms with Gasteiger partial charge in [0, 0.05) is 0 Å². The zero-order chi connectivity index (χ0) is 16.0. The van der Waals surface area contributed by atoms with Gasteiger partial charge in [-0.05, 0) is 0 Å². The molecule has 0 radical (unpaired) electrons. The van der Waals surface area contributed by atoms with Gasteiger partial charge >= 0.3 is 140 Å². The molecule has 0 unspecified atom stereocenters. The molecule has 0 saturated carbocycles. The van der Waals surface area contributed by atoms with Crippen LogP contribution in [0.15, 0.2) is 91.0 Å². The molecule has 3 aromatic carbocycles. The third-order valence-electron chi connectivity index (χ3n) is 2.88. The van der Waals surface area contributed by atoms with E-state index in [1.165, 1.54) is 0 Å². The molecule has 3 aromatic rings. The Labute approximate surface area is 153 Å². The second kappa shape index (κ2) is 8.76. The average molecular weight is 451 g/mol. The molecule has 0 aliphatic heterocycles. The van der Waals surface area contributed by atoms with Gasteiger partial charge in [-0.1, -0.05) is 0 Å². The predicted molar refractivity (Wildman–Crippen MR) is 98.0 cm³/mol. The third kappa shape index (κ3) is 5.29. The topological polar surface area (TPSA) is 44.8 Å². The molecular formula is C18H17O4SSb. The van der Waals surface area contributed by atoms with Crippen molar-refractivity contribution in [1.82, 2.24) is 0 Å². The third-order valence-corrected chi connectivity index (χ3v) is 6.60. The van der Waals surface area contributed by atoms with Gasteiger partial charge < -0.3 is 0 Å². The molecule has 6 heteroatoms. The predicted octanol–water partition coefficient (Wildman–Crippen LogP) is 4.20. The van der Waals surface area contributed by atoms with Crippen LogP contribution in [0, 0.1) is 0 Å². The van der Waals surface area contributed by atoms with E-state index in [1.807, 2.05) is 18.2 Å². The average Bonchev–Trinajstić information content (AvgIpc) is 2.57. The molecular weight excluding hydrogens is 434 g/mol. The Morgan fingerprint density at radius 2 is 0.750 bits per heavy atom. The SMILES string of the molecule is S.[O]=[Sb]([O]c1ccccc1)([O]c1ccccc1)[O]c1ccccc1. The standard InChI is InChI=1S/3C6H6O.O.H2S.Sb/c3*7-6-4-2-1-3-5-6;;;/h3*1-5,7H;;1H2;/q;;;;;+3/p-3. The van der Waals surface area contributed by atoms with Crippen LogP contribution in [0.4, 0.5) is 0 Å². The Morgan fingerprint density at radius 1 is 0.500 bits per heavy atom. The van der Waals surface area contributed by atoms with Crippen LogP contribution in [0.1, 0.15) is 0 Å². The molecule has 124 valence electrons. The molecule has 0 saturated heterocycles. The summed E-state index contributed by atoms with van der Waals surface area (Å²) < 4.78 is 30.0. The van der Waals surface area contributed by atoms with E-state index in [0.717, 1.165) is 0 Å². The molecule has 0 amide bonds. The first-order valence-corrected chi connectivity index (χ1v) is 11.2. The van der Waals surface area contributed by atoms with Crippen LogP contribution in [0.5, 0.6) is 17.2 Å². The Kier molecular flexibility index (Phi) is 6.71. The molecule has 24 heavy (non-hydrogen) atoms. The Balaban J connectivity index is 0.00000208. The van der Waals surface area contributed by atoms with Crippen molar-refractivity contribution < 1.29 is 12.1 Å². The van der Waals surface area contributed by atoms with Crippen LogP contribution >= 0.6 is 13.5 Å². The Hall–Kier alpha value is -1.97. The van der Waals surface area contributed by atoms with Crippen molar-refractivity contribution in [3.63, 3.8) is 0 Å². The van der Waals surface area contributed by atoms with Crippen LogP contribution in [-0.2, 0) is 3.02 Å². The van der Waals surface area contributed by atoms with Crippen molar-refractivity contribution >= 4 is 33.6 Å². The van der Waals surface area contributed by atoms with Gasteiger partial charge in [-0.2, -0.15) is 13.5 Å². The monoisotopic (exact) mass is 450 g/mol. The number of rotatable bonds is 6. The van der Waals surface area contributed by atoms with Gasteiger partial charge in [0.1, 0.15) is 0 Å². The first-order chi connectivity index (χ1) is 11.2. The molecule has 0 aliphatic rings. The van der Waals surface area contributed by atoms with Crippen molar-refractivity contribution in [2.75, 3.05) is 0 Å². The first-order valence-electron chi connectivity index (χ1n) is 7.07. The van der Waals surface area contributed by atoms with Gasteiger partial charge in [0.05, 0.1) is 0 Å². The summed E-state index contributed by atoms with van der Waals surface area (Å²) in [5, 5.41) is 0. The van der Waals surface area contributed by atoms with Gasteiger partial charge in [-0.15, -0.1) is 0 Å². The second-order valence-corrected chi connectivity index (χ2v) is 8.78. The molecule has 0 N–H and O–H groups in total. The van der Waals surface area contributed by atoms with Gasteiger partial charge in [0.2, 0.25) is 0 Å². The normalized spacial score (nSPS) is 10.3. The summed E-state index contributed by atoms with van der Waals surface area (Å²) in [7, 11) is 0. The fourth-order valence-electron chi connectivity index (χ4n) is 1.89. The zero-order valence-electron chi connectivity index (χ0n) is 12.7. The van der Waals surface area contributed by atoms with Crippen LogP contribution < -0.4 is 9.05 Å². The molecule has 3 rings (SSSR count). The summed E-state index contributed by atoms with van der Waals surface area (Å²) in [6.07, 6.45) is 0. The number of hydrogen-bond acceptors (Lipinski definition) is 4. The summed E-state index contributed by atoms with van der Waals surface area (Å²) in [4.78, 5) is 0. The first kappa shape index (κ1) is 18.4. The van der Waals surface area contributed by atoms with E-state index in [0.29, 0.717) is 17.2 Å². The van der Waals surface area contributed by atoms with E-state index in [1.54, 1.807) is 72.8 Å². The molecule has 0 heterocycles. The van der Waals surface area contributed by atoms with Gasteiger partial charge in [0.25, 0.3) is 0 Å². The quantitative estimate of drug-likeness (QED) is 0.528. The zero-order valence-corrected chi connectivity index (χ0v) is 16.3. The minimum atomic E-state index is -4.96. The molecule has 0 aromatic heterocycles. The van der Waals surface area contributed by atoms with Crippen LogP contribution in [0.2, 0.25) is 0 Å². The van der Waals surface area contributed by atoms with Crippen LogP contribution in [0.3, 0.4) is 0 Å². The van der Waals surface area contributed by atoms with E-state index in [9.17, 15) is 3.02 Å². The van der Waals surface area contributed by atoms with Crippen molar-refractivity contribution in [2.24, 2.45) is 0 Å². The van der Waals surface area contributed by atoms with Gasteiger partial charge in [-0.25, -0.2) is 0 Å². The van der Waals surface area contributed by atoms with Crippen molar-refractivity contribution in [3.8, 4) is 17.2 Å². The summed E-state index contributed by atoms with van der Waals surface area (Å²) in [6.45, 7) is 0. The molecule has 0 atom stereocenters. The van der Waals surface area contributed by atoms with Gasteiger partial charge in [0.15, 0.2) is 0 Å². The van der Waals surface area contributed by atoms with E-state index in [4.69, 9.17) is 9.05 Å². The fourth-order valence-corrected chi connectivity index (χ4v) is 5.46. The maximum atomic E-state index is 13.1. The number of benzene rings is 3. The van der Waals surface area contributed by atoms with Crippen LogP contribution in [-0.4, -0.2) is 20.1 Å². The molecule has 0 bridgehead atoms. The maximum absolute atomic E-state index is 13.1. The summed E-state index contributed by atoms with van der Waals surface area (Å²) in [5.74, 6) is 1.33. The van der Waals surface area contributed by atoms with E-state index < -0.39 is 20.1 Å². The van der Waals surface area contributed by atoms with E-state index in [-0.39, 0.29) is 13.5 Å². The molecule has 4 nitrogen and oxygen atoms in total.